The summed E-state index contributed by atoms with van der Waals surface area (Å²) in [4.78, 5) is 11.3. The lowest BCUT2D eigenvalue weighted by atomic mass is 10.2. The summed E-state index contributed by atoms with van der Waals surface area (Å²) in [6, 6.07) is 1.88. The quantitative estimate of drug-likeness (QED) is 0.657. The molecule has 2 N–H and O–H groups in total. The van der Waals surface area contributed by atoms with Gasteiger partial charge in [-0.2, -0.15) is 5.26 Å². The molecule has 1 aromatic rings. The molecule has 5 heteroatoms. The van der Waals surface area contributed by atoms with Gasteiger partial charge < -0.3 is 10.5 Å². The molecule has 12 heavy (non-hydrogen) atoms. The minimum atomic E-state index is -0.509. The fraction of sp³-hybridized carbons (Fsp3) is 0.143. The Hall–Kier alpha value is -1.54. The number of nitrogen functional groups attached to an aromatic ring is 1. The molecular weight excluding hydrogens is 176 g/mol. The molecule has 62 valence electrons. The van der Waals surface area contributed by atoms with Crippen molar-refractivity contribution in [2.75, 3.05) is 12.8 Å². The van der Waals surface area contributed by atoms with Crippen molar-refractivity contribution in [2.24, 2.45) is 0 Å². The number of carbonyl (C=O) groups excluding carboxylic acids is 1. The first-order valence-corrected chi connectivity index (χ1v) is 3.94. The zero-order chi connectivity index (χ0) is 9.14. The van der Waals surface area contributed by atoms with E-state index in [2.05, 4.69) is 4.74 Å². The lowest BCUT2D eigenvalue weighted by Gasteiger charge is -1.95. The predicted molar refractivity (Wildman–Crippen MR) is 44.8 cm³/mol. The third-order valence-electron chi connectivity index (χ3n) is 1.34. The highest BCUT2D eigenvalue weighted by Gasteiger charge is 2.14. The first-order chi connectivity index (χ1) is 5.70. The summed E-state index contributed by atoms with van der Waals surface area (Å²) < 4.78 is 4.45. The Morgan fingerprint density at radius 2 is 2.50 bits per heavy atom. The number of nitrogens with zero attached hydrogens (tertiary/aromatic N) is 1. The minimum Gasteiger partial charge on any atom is -0.465 e. The fourth-order valence-electron chi connectivity index (χ4n) is 0.722. The molecule has 0 aliphatic rings. The van der Waals surface area contributed by atoms with Crippen LogP contribution in [0.2, 0.25) is 0 Å². The monoisotopic (exact) mass is 182 g/mol. The highest BCUT2D eigenvalue weighted by atomic mass is 32.1. The van der Waals surface area contributed by atoms with Gasteiger partial charge in [-0.25, -0.2) is 4.79 Å². The van der Waals surface area contributed by atoms with Crippen LogP contribution >= 0.6 is 11.3 Å². The molecule has 0 amide bonds. The van der Waals surface area contributed by atoms with Crippen LogP contribution in [0.25, 0.3) is 0 Å². The third kappa shape index (κ3) is 1.24. The van der Waals surface area contributed by atoms with Crippen LogP contribution in [-0.2, 0) is 4.74 Å². The number of carbonyl (C=O) groups is 1. The zero-order valence-electron chi connectivity index (χ0n) is 6.33. The van der Waals surface area contributed by atoms with E-state index in [1.165, 1.54) is 12.5 Å². The van der Waals surface area contributed by atoms with Crippen molar-refractivity contribution in [2.45, 2.75) is 0 Å². The van der Waals surface area contributed by atoms with E-state index in [1.807, 2.05) is 6.07 Å². The third-order valence-corrected chi connectivity index (χ3v) is 2.24. The number of nitrogens with two attached hydrogens (primary N) is 1. The summed E-state index contributed by atoms with van der Waals surface area (Å²) in [5.74, 6) is -0.509. The number of esters is 1. The van der Waals surface area contributed by atoms with Crippen molar-refractivity contribution in [3.63, 3.8) is 0 Å². The number of hydrogen-bond acceptors (Lipinski definition) is 5. The van der Waals surface area contributed by atoms with Gasteiger partial charge in [-0.1, -0.05) is 0 Å². The number of hydrogen-bond donors (Lipinski definition) is 1. The number of rotatable bonds is 1. The number of methoxy groups -OCH3 is 1. The first-order valence-electron chi connectivity index (χ1n) is 3.06. The molecule has 0 aliphatic carbocycles. The average molecular weight is 182 g/mol. The summed E-state index contributed by atoms with van der Waals surface area (Å²) in [6.07, 6.45) is 0. The highest BCUT2D eigenvalue weighted by Crippen LogP contribution is 2.24. The van der Waals surface area contributed by atoms with Gasteiger partial charge in [0.2, 0.25) is 0 Å². The van der Waals surface area contributed by atoms with Gasteiger partial charge in [0.15, 0.2) is 0 Å². The molecule has 0 aliphatic heterocycles. The second kappa shape index (κ2) is 3.24. The Balaban J connectivity index is 3.12. The van der Waals surface area contributed by atoms with Crippen molar-refractivity contribution >= 4 is 23.0 Å². The Morgan fingerprint density at radius 1 is 1.83 bits per heavy atom. The van der Waals surface area contributed by atoms with E-state index in [0.29, 0.717) is 4.88 Å². The van der Waals surface area contributed by atoms with Crippen molar-refractivity contribution < 1.29 is 9.53 Å². The topological polar surface area (TPSA) is 76.1 Å². The van der Waals surface area contributed by atoms with Crippen LogP contribution < -0.4 is 5.73 Å². The highest BCUT2D eigenvalue weighted by molar-refractivity contribution is 7.11. The van der Waals surface area contributed by atoms with Crippen LogP contribution in [0.15, 0.2) is 5.38 Å². The van der Waals surface area contributed by atoms with E-state index >= 15 is 0 Å². The van der Waals surface area contributed by atoms with Gasteiger partial charge in [-0.05, 0) is 0 Å². The normalized spacial score (nSPS) is 9.00. The van der Waals surface area contributed by atoms with Crippen LogP contribution in [0, 0.1) is 11.3 Å². The number of nitriles is 1. The van der Waals surface area contributed by atoms with Gasteiger partial charge >= 0.3 is 5.97 Å². The Bertz CT molecular complexity index is 351. The van der Waals surface area contributed by atoms with Gasteiger partial charge in [0.1, 0.15) is 10.9 Å². The minimum absolute atomic E-state index is 0.203. The van der Waals surface area contributed by atoms with Crippen LogP contribution in [0.5, 0.6) is 0 Å². The molecule has 0 saturated heterocycles. The van der Waals surface area contributed by atoms with E-state index in [0.717, 1.165) is 11.3 Å². The molecule has 0 fully saturated rings. The molecule has 1 aromatic heterocycles. The molecule has 0 bridgehead atoms. The summed E-state index contributed by atoms with van der Waals surface area (Å²) in [6.45, 7) is 0. The van der Waals surface area contributed by atoms with Crippen LogP contribution in [0.1, 0.15) is 15.2 Å². The largest absolute Gasteiger partial charge is 0.465 e. The molecule has 0 saturated carbocycles. The van der Waals surface area contributed by atoms with Gasteiger partial charge in [-0.3, -0.25) is 0 Å². The second-order valence-electron chi connectivity index (χ2n) is 2.00. The lowest BCUT2D eigenvalue weighted by Crippen LogP contribution is -2.03. The number of anilines is 1. The Morgan fingerprint density at radius 3 is 2.92 bits per heavy atom. The maximum atomic E-state index is 11.0. The van der Waals surface area contributed by atoms with E-state index in [4.69, 9.17) is 11.0 Å². The maximum Gasteiger partial charge on any atom is 0.340 e. The van der Waals surface area contributed by atoms with Gasteiger partial charge in [0, 0.05) is 5.38 Å². The molecule has 0 aromatic carbocycles. The number of ether oxygens (including phenoxy) is 1. The van der Waals surface area contributed by atoms with Gasteiger partial charge in [0.25, 0.3) is 0 Å². The van der Waals surface area contributed by atoms with Gasteiger partial charge in [-0.15, -0.1) is 11.3 Å². The smallest absolute Gasteiger partial charge is 0.340 e. The predicted octanol–water partition coefficient (Wildman–Crippen LogP) is 0.989. The summed E-state index contributed by atoms with van der Waals surface area (Å²) in [5.41, 5.74) is 5.94. The van der Waals surface area contributed by atoms with E-state index in [-0.39, 0.29) is 11.3 Å². The van der Waals surface area contributed by atoms with Crippen LogP contribution in [-0.4, -0.2) is 13.1 Å². The van der Waals surface area contributed by atoms with Crippen molar-refractivity contribution in [3.05, 3.63) is 15.8 Å². The zero-order valence-corrected chi connectivity index (χ0v) is 7.14. The molecule has 0 atom stereocenters. The molecule has 0 spiro atoms. The lowest BCUT2D eigenvalue weighted by molar-refractivity contribution is 0.0602. The standard InChI is InChI=1S/C7H6N2O2S/c1-11-7(10)4-3-12-5(2-8)6(4)9/h3H,9H2,1H3. The molecule has 1 rings (SSSR count). The molecule has 0 radical (unpaired) electrons. The van der Waals surface area contributed by atoms with Gasteiger partial charge in [0.05, 0.1) is 18.4 Å². The van der Waals surface area contributed by atoms with E-state index in [9.17, 15) is 4.79 Å². The van der Waals surface area contributed by atoms with E-state index < -0.39 is 5.97 Å². The molecule has 4 nitrogen and oxygen atoms in total. The Kier molecular flexibility index (Phi) is 2.31. The SMILES string of the molecule is COC(=O)c1csc(C#N)c1N. The average Bonchev–Trinajstić information content (AvgIpc) is 2.45. The van der Waals surface area contributed by atoms with E-state index in [1.54, 1.807) is 0 Å². The van der Waals surface area contributed by atoms with Crippen LogP contribution in [0.3, 0.4) is 0 Å². The van der Waals surface area contributed by atoms with Crippen molar-refractivity contribution in [1.29, 1.82) is 5.26 Å². The van der Waals surface area contributed by atoms with Crippen molar-refractivity contribution in [1.82, 2.24) is 0 Å². The number of thiophene rings is 1. The van der Waals surface area contributed by atoms with Crippen molar-refractivity contribution in [3.8, 4) is 6.07 Å². The molecule has 1 heterocycles. The Labute approximate surface area is 73.2 Å². The molecule has 0 unspecified atom stereocenters. The fourth-order valence-corrected chi connectivity index (χ4v) is 1.47. The molecular formula is C7H6N2O2S. The maximum absolute atomic E-state index is 11.0. The summed E-state index contributed by atoms with van der Waals surface area (Å²) in [5, 5.41) is 10.0. The first kappa shape index (κ1) is 8.56. The summed E-state index contributed by atoms with van der Waals surface area (Å²) in [7, 11) is 1.27. The van der Waals surface area contributed by atoms with Crippen LogP contribution in [0.4, 0.5) is 5.69 Å². The summed E-state index contributed by atoms with van der Waals surface area (Å²) >= 11 is 1.13. The second-order valence-corrected chi connectivity index (χ2v) is 2.88.